The lowest BCUT2D eigenvalue weighted by atomic mass is 9.84. The summed E-state index contributed by atoms with van der Waals surface area (Å²) >= 11 is 0. The standard InChI is InChI=1S/C21H19N3O5/c1-26-13-5-3-4-11(6-13)19-18-14(9-17(25)22-21(18)24-23-19)12-7-15(27-2)20-16(8-12)28-10-29-20/h3-8,14H,9-10H2,1-2H3,(H2,22,23,24,25). The van der Waals surface area contributed by atoms with Crippen molar-refractivity contribution >= 4 is 11.7 Å². The normalized spacial score (nSPS) is 16.9. The largest absolute Gasteiger partial charge is 0.497 e. The van der Waals surface area contributed by atoms with E-state index in [0.29, 0.717) is 23.1 Å². The molecule has 1 unspecified atom stereocenters. The first-order valence-electron chi connectivity index (χ1n) is 9.18. The number of rotatable bonds is 4. The van der Waals surface area contributed by atoms with Gasteiger partial charge in [0.2, 0.25) is 18.4 Å². The fraction of sp³-hybridized carbons (Fsp3) is 0.238. The lowest BCUT2D eigenvalue weighted by Crippen LogP contribution is -2.23. The number of benzene rings is 2. The lowest BCUT2D eigenvalue weighted by molar-refractivity contribution is -0.116. The van der Waals surface area contributed by atoms with Crippen LogP contribution >= 0.6 is 0 Å². The highest BCUT2D eigenvalue weighted by Crippen LogP contribution is 2.48. The molecule has 2 aliphatic rings. The van der Waals surface area contributed by atoms with Gasteiger partial charge in [-0.1, -0.05) is 12.1 Å². The number of amides is 1. The van der Waals surface area contributed by atoms with Gasteiger partial charge in [-0.25, -0.2) is 0 Å². The van der Waals surface area contributed by atoms with Gasteiger partial charge >= 0.3 is 0 Å². The predicted molar refractivity (Wildman–Crippen MR) is 105 cm³/mol. The van der Waals surface area contributed by atoms with Crippen LogP contribution in [0.3, 0.4) is 0 Å². The molecular weight excluding hydrogens is 374 g/mol. The molecule has 1 atom stereocenters. The Bertz CT molecular complexity index is 1110. The van der Waals surface area contributed by atoms with Crippen molar-refractivity contribution in [1.82, 2.24) is 10.2 Å². The Labute approximate surface area is 166 Å². The predicted octanol–water partition coefficient (Wildman–Crippen LogP) is 3.30. The molecule has 1 aromatic heterocycles. The van der Waals surface area contributed by atoms with Crippen molar-refractivity contribution in [2.45, 2.75) is 12.3 Å². The van der Waals surface area contributed by atoms with Gasteiger partial charge in [-0.2, -0.15) is 5.10 Å². The van der Waals surface area contributed by atoms with Crippen molar-refractivity contribution in [3.63, 3.8) is 0 Å². The van der Waals surface area contributed by atoms with E-state index in [1.54, 1.807) is 14.2 Å². The number of fused-ring (bicyclic) bond motifs is 2. The number of anilines is 1. The number of ether oxygens (including phenoxy) is 4. The smallest absolute Gasteiger partial charge is 0.231 e. The Balaban J connectivity index is 1.66. The van der Waals surface area contributed by atoms with Crippen LogP contribution in [-0.2, 0) is 4.79 Å². The molecule has 29 heavy (non-hydrogen) atoms. The average Bonchev–Trinajstić information content (AvgIpc) is 3.39. The van der Waals surface area contributed by atoms with E-state index >= 15 is 0 Å². The molecule has 8 nitrogen and oxygen atoms in total. The molecule has 0 saturated carbocycles. The van der Waals surface area contributed by atoms with Gasteiger partial charge in [-0.15, -0.1) is 0 Å². The molecule has 5 rings (SSSR count). The number of aromatic nitrogens is 2. The monoisotopic (exact) mass is 393 g/mol. The summed E-state index contributed by atoms with van der Waals surface area (Å²) in [6.45, 7) is 0.145. The van der Waals surface area contributed by atoms with E-state index in [-0.39, 0.29) is 25.0 Å². The van der Waals surface area contributed by atoms with Crippen LogP contribution < -0.4 is 24.3 Å². The molecule has 0 spiro atoms. The quantitative estimate of drug-likeness (QED) is 0.706. The molecule has 0 radical (unpaired) electrons. The van der Waals surface area contributed by atoms with E-state index in [4.69, 9.17) is 18.9 Å². The third-order valence-electron chi connectivity index (χ3n) is 5.24. The summed E-state index contributed by atoms with van der Waals surface area (Å²) in [7, 11) is 3.21. The summed E-state index contributed by atoms with van der Waals surface area (Å²) < 4.78 is 21.9. The molecule has 1 amide bonds. The number of methoxy groups -OCH3 is 2. The summed E-state index contributed by atoms with van der Waals surface area (Å²) in [4.78, 5) is 12.4. The number of carbonyl (C=O) groups excluding carboxylic acids is 1. The Hall–Kier alpha value is -3.68. The second-order valence-electron chi connectivity index (χ2n) is 6.85. The summed E-state index contributed by atoms with van der Waals surface area (Å²) in [5, 5.41) is 10.3. The van der Waals surface area contributed by atoms with Gasteiger partial charge in [0.1, 0.15) is 5.75 Å². The zero-order valence-electron chi connectivity index (χ0n) is 15.9. The van der Waals surface area contributed by atoms with Crippen molar-refractivity contribution in [1.29, 1.82) is 0 Å². The van der Waals surface area contributed by atoms with E-state index in [0.717, 1.165) is 28.1 Å². The van der Waals surface area contributed by atoms with Crippen LogP contribution in [0.1, 0.15) is 23.5 Å². The van der Waals surface area contributed by atoms with Crippen LogP contribution in [0.2, 0.25) is 0 Å². The highest BCUT2D eigenvalue weighted by Gasteiger charge is 2.34. The number of nitrogens with zero attached hydrogens (tertiary/aromatic N) is 1. The van der Waals surface area contributed by atoms with Crippen molar-refractivity contribution in [3.05, 3.63) is 47.5 Å². The van der Waals surface area contributed by atoms with Crippen LogP contribution in [0.25, 0.3) is 11.3 Å². The first kappa shape index (κ1) is 17.4. The third kappa shape index (κ3) is 2.84. The van der Waals surface area contributed by atoms with Crippen LogP contribution in [-0.4, -0.2) is 37.1 Å². The van der Waals surface area contributed by atoms with E-state index in [1.807, 2.05) is 36.4 Å². The number of hydrogen-bond acceptors (Lipinski definition) is 6. The van der Waals surface area contributed by atoms with Gasteiger partial charge in [0.05, 0.1) is 19.9 Å². The molecule has 0 aliphatic carbocycles. The highest BCUT2D eigenvalue weighted by molar-refractivity contribution is 5.96. The first-order valence-corrected chi connectivity index (χ1v) is 9.18. The molecule has 3 aromatic rings. The molecule has 0 saturated heterocycles. The topological polar surface area (TPSA) is 94.7 Å². The minimum absolute atomic E-state index is 0.0946. The number of H-pyrrole nitrogens is 1. The highest BCUT2D eigenvalue weighted by atomic mass is 16.7. The number of nitrogens with one attached hydrogen (secondary N) is 2. The van der Waals surface area contributed by atoms with Crippen LogP contribution in [0, 0.1) is 0 Å². The van der Waals surface area contributed by atoms with E-state index in [9.17, 15) is 4.79 Å². The van der Waals surface area contributed by atoms with Gasteiger partial charge in [0.15, 0.2) is 17.3 Å². The first-order chi connectivity index (χ1) is 14.2. The maximum absolute atomic E-state index is 12.4. The van der Waals surface area contributed by atoms with Gasteiger partial charge < -0.3 is 24.3 Å². The average molecular weight is 393 g/mol. The Kier molecular flexibility index (Phi) is 4.04. The Morgan fingerprint density at radius 2 is 2.03 bits per heavy atom. The van der Waals surface area contributed by atoms with E-state index in [1.165, 1.54) is 0 Å². The van der Waals surface area contributed by atoms with E-state index in [2.05, 4.69) is 15.5 Å². The fourth-order valence-electron chi connectivity index (χ4n) is 3.89. The zero-order chi connectivity index (χ0) is 20.0. The van der Waals surface area contributed by atoms with Gasteiger partial charge in [-0.3, -0.25) is 9.89 Å². The molecule has 148 valence electrons. The van der Waals surface area contributed by atoms with Gasteiger partial charge in [0, 0.05) is 23.5 Å². The molecule has 2 aromatic carbocycles. The number of carbonyl (C=O) groups is 1. The van der Waals surface area contributed by atoms with E-state index < -0.39 is 0 Å². The van der Waals surface area contributed by atoms with Crippen molar-refractivity contribution in [2.24, 2.45) is 0 Å². The lowest BCUT2D eigenvalue weighted by Gasteiger charge is -2.24. The molecule has 3 heterocycles. The SMILES string of the molecule is COc1cccc(-c2[nH]nc3c2C(c2cc(OC)c4c(c2)OCO4)CC(=O)N3)c1. The number of aromatic amines is 1. The van der Waals surface area contributed by atoms with Crippen molar-refractivity contribution in [3.8, 4) is 34.3 Å². The van der Waals surface area contributed by atoms with Crippen molar-refractivity contribution in [2.75, 3.05) is 26.3 Å². The fourth-order valence-corrected chi connectivity index (χ4v) is 3.89. The van der Waals surface area contributed by atoms with Crippen molar-refractivity contribution < 1.29 is 23.7 Å². The molecule has 0 fully saturated rings. The number of hydrogen-bond donors (Lipinski definition) is 2. The molecule has 8 heteroatoms. The summed E-state index contributed by atoms with van der Waals surface area (Å²) in [5.41, 5.74) is 3.57. The minimum atomic E-state index is -0.220. The molecular formula is C21H19N3O5. The molecule has 2 N–H and O–H groups in total. The third-order valence-corrected chi connectivity index (χ3v) is 5.24. The summed E-state index contributed by atoms with van der Waals surface area (Å²) in [6.07, 6.45) is 0.284. The second-order valence-corrected chi connectivity index (χ2v) is 6.85. The van der Waals surface area contributed by atoms with Crippen LogP contribution in [0.15, 0.2) is 36.4 Å². The Morgan fingerprint density at radius 3 is 2.86 bits per heavy atom. The summed E-state index contributed by atoms with van der Waals surface area (Å²) in [6, 6.07) is 11.5. The maximum atomic E-state index is 12.4. The van der Waals surface area contributed by atoms with Crippen LogP contribution in [0.4, 0.5) is 5.82 Å². The zero-order valence-corrected chi connectivity index (χ0v) is 15.9. The van der Waals surface area contributed by atoms with Gasteiger partial charge in [-0.05, 0) is 29.8 Å². The minimum Gasteiger partial charge on any atom is -0.497 e. The Morgan fingerprint density at radius 1 is 1.14 bits per heavy atom. The molecule has 2 aliphatic heterocycles. The summed E-state index contributed by atoms with van der Waals surface area (Å²) in [5.74, 6) is 2.72. The maximum Gasteiger partial charge on any atom is 0.231 e. The van der Waals surface area contributed by atoms with Gasteiger partial charge in [0.25, 0.3) is 0 Å². The second kappa shape index (κ2) is 6.73. The molecule has 0 bridgehead atoms. The van der Waals surface area contributed by atoms with Crippen LogP contribution in [0.5, 0.6) is 23.0 Å².